The van der Waals surface area contributed by atoms with Gasteiger partial charge in [0.2, 0.25) is 10.0 Å². The van der Waals surface area contributed by atoms with Crippen LogP contribution in [0.2, 0.25) is 0 Å². The Morgan fingerprint density at radius 2 is 1.95 bits per heavy atom. The molecule has 1 N–H and O–H groups in total. The van der Waals surface area contributed by atoms with Crippen LogP contribution in [0.1, 0.15) is 0 Å². The van der Waals surface area contributed by atoms with Crippen molar-refractivity contribution in [3.63, 3.8) is 0 Å². The molecule has 0 atom stereocenters. The van der Waals surface area contributed by atoms with Crippen LogP contribution in [-0.2, 0) is 14.8 Å². The Morgan fingerprint density at radius 1 is 1.30 bits per heavy atom. The van der Waals surface area contributed by atoms with Gasteiger partial charge in [-0.2, -0.15) is 4.31 Å². The third-order valence-corrected chi connectivity index (χ3v) is 5.31. The fourth-order valence-corrected chi connectivity index (χ4v) is 3.93. The summed E-state index contributed by atoms with van der Waals surface area (Å²) in [6, 6.07) is 1.51. The van der Waals surface area contributed by atoms with Gasteiger partial charge in [0, 0.05) is 43.0 Å². The molecule has 0 saturated carbocycles. The van der Waals surface area contributed by atoms with E-state index < -0.39 is 16.0 Å². The number of hydrogen-bond donors (Lipinski definition) is 1. The van der Waals surface area contributed by atoms with Crippen LogP contribution < -0.4 is 0 Å². The highest BCUT2D eigenvalue weighted by molar-refractivity contribution is 9.10. The number of hydrogen-bond acceptors (Lipinski definition) is 5. The van der Waals surface area contributed by atoms with E-state index >= 15 is 0 Å². The van der Waals surface area contributed by atoms with E-state index in [0.717, 1.165) is 0 Å². The predicted molar refractivity (Wildman–Crippen MR) is 74.8 cm³/mol. The number of nitrogens with zero attached hydrogens (tertiary/aromatic N) is 3. The average molecular weight is 364 g/mol. The van der Waals surface area contributed by atoms with Gasteiger partial charge in [-0.25, -0.2) is 8.42 Å². The maximum Gasteiger partial charge on any atom is 0.317 e. The Bertz CT molecular complexity index is 599. The number of aromatic nitrogens is 1. The van der Waals surface area contributed by atoms with Gasteiger partial charge in [-0.3, -0.25) is 14.7 Å². The van der Waals surface area contributed by atoms with Crippen molar-refractivity contribution in [2.45, 2.75) is 4.90 Å². The molecule has 9 heteroatoms. The zero-order chi connectivity index (χ0) is 14.8. The van der Waals surface area contributed by atoms with Crippen LogP contribution in [0.4, 0.5) is 0 Å². The quantitative estimate of drug-likeness (QED) is 0.823. The highest BCUT2D eigenvalue weighted by Crippen LogP contribution is 2.19. The van der Waals surface area contributed by atoms with E-state index in [2.05, 4.69) is 20.9 Å². The van der Waals surface area contributed by atoms with Crippen LogP contribution in [0.15, 0.2) is 27.8 Å². The second kappa shape index (κ2) is 6.17. The Hall–Kier alpha value is -1.03. The number of sulfonamides is 1. The molecule has 1 saturated heterocycles. The topological polar surface area (TPSA) is 90.8 Å². The molecule has 1 aliphatic rings. The molecule has 7 nitrogen and oxygen atoms in total. The largest absolute Gasteiger partial charge is 0.480 e. The molecule has 0 amide bonds. The standard InChI is InChI=1S/C11H14BrN3O4S/c12-9-5-10(7-13-6-9)20(18,19)15-3-1-14(2-4-15)8-11(16)17/h5-7H,1-4,8H2,(H,16,17). The summed E-state index contributed by atoms with van der Waals surface area (Å²) >= 11 is 3.20. The third-order valence-electron chi connectivity index (χ3n) is 3.01. The van der Waals surface area contributed by atoms with Crippen molar-refractivity contribution < 1.29 is 18.3 Å². The van der Waals surface area contributed by atoms with Crippen molar-refractivity contribution in [2.24, 2.45) is 0 Å². The Labute approximate surface area is 125 Å². The second-order valence-electron chi connectivity index (χ2n) is 4.41. The molecule has 1 aromatic rings. The minimum Gasteiger partial charge on any atom is -0.480 e. The molecule has 0 spiro atoms. The lowest BCUT2D eigenvalue weighted by atomic mass is 10.3. The van der Waals surface area contributed by atoms with Crippen LogP contribution in [-0.4, -0.2) is 66.4 Å². The highest BCUT2D eigenvalue weighted by Gasteiger charge is 2.29. The smallest absolute Gasteiger partial charge is 0.317 e. The van der Waals surface area contributed by atoms with Gasteiger partial charge in [0.05, 0.1) is 6.54 Å². The summed E-state index contributed by atoms with van der Waals surface area (Å²) in [6.45, 7) is 1.32. The number of halogens is 1. The van der Waals surface area contributed by atoms with Gasteiger partial charge >= 0.3 is 5.97 Å². The zero-order valence-corrected chi connectivity index (χ0v) is 13.0. The van der Waals surface area contributed by atoms with Crippen molar-refractivity contribution in [2.75, 3.05) is 32.7 Å². The molecule has 20 heavy (non-hydrogen) atoms. The minimum absolute atomic E-state index is 0.0632. The minimum atomic E-state index is -3.57. The van der Waals surface area contributed by atoms with Crippen LogP contribution in [0.3, 0.4) is 0 Å². The molecule has 110 valence electrons. The van der Waals surface area contributed by atoms with E-state index in [1.54, 1.807) is 4.90 Å². The Morgan fingerprint density at radius 3 is 2.50 bits per heavy atom. The van der Waals surface area contributed by atoms with Crippen molar-refractivity contribution >= 4 is 31.9 Å². The molecule has 2 heterocycles. The molecule has 0 aromatic carbocycles. The van der Waals surface area contributed by atoms with E-state index in [1.165, 1.54) is 22.8 Å². The first-order valence-corrected chi connectivity index (χ1v) is 8.18. The van der Waals surface area contributed by atoms with Crippen LogP contribution in [0, 0.1) is 0 Å². The average Bonchev–Trinajstić information content (AvgIpc) is 2.38. The maximum absolute atomic E-state index is 12.4. The first kappa shape index (κ1) is 15.4. The van der Waals surface area contributed by atoms with Gasteiger partial charge in [-0.1, -0.05) is 0 Å². The highest BCUT2D eigenvalue weighted by atomic mass is 79.9. The lowest BCUT2D eigenvalue weighted by Crippen LogP contribution is -2.49. The third kappa shape index (κ3) is 3.54. The molecule has 1 fully saturated rings. The number of carboxylic acids is 1. The fourth-order valence-electron chi connectivity index (χ4n) is 2.00. The molecule has 1 aromatic heterocycles. The molecule has 1 aliphatic heterocycles. The second-order valence-corrected chi connectivity index (χ2v) is 7.27. The van der Waals surface area contributed by atoms with Crippen molar-refractivity contribution in [3.8, 4) is 0 Å². The first-order chi connectivity index (χ1) is 9.39. The van der Waals surface area contributed by atoms with Gasteiger partial charge in [0.1, 0.15) is 4.90 Å². The van der Waals surface area contributed by atoms with E-state index in [4.69, 9.17) is 5.11 Å². The van der Waals surface area contributed by atoms with Crippen LogP contribution >= 0.6 is 15.9 Å². The first-order valence-electron chi connectivity index (χ1n) is 5.94. The normalized spacial score (nSPS) is 18.1. The number of aliphatic carboxylic acids is 1. The fraction of sp³-hybridized carbons (Fsp3) is 0.455. The summed E-state index contributed by atoms with van der Waals surface area (Å²) in [4.78, 5) is 16.3. The summed E-state index contributed by atoms with van der Waals surface area (Å²) in [6.07, 6.45) is 2.83. The van der Waals surface area contributed by atoms with E-state index in [0.29, 0.717) is 17.6 Å². The van der Waals surface area contributed by atoms with Crippen molar-refractivity contribution in [1.82, 2.24) is 14.2 Å². The van der Waals surface area contributed by atoms with Crippen LogP contribution in [0.5, 0.6) is 0 Å². The van der Waals surface area contributed by atoms with Crippen LogP contribution in [0.25, 0.3) is 0 Å². The summed E-state index contributed by atoms with van der Waals surface area (Å²) in [5, 5.41) is 8.71. The van der Waals surface area contributed by atoms with E-state index in [9.17, 15) is 13.2 Å². The van der Waals surface area contributed by atoms with Gasteiger partial charge in [-0.05, 0) is 22.0 Å². The van der Waals surface area contributed by atoms with Crippen molar-refractivity contribution in [3.05, 3.63) is 22.9 Å². The Kier molecular flexibility index (Phi) is 4.74. The lowest BCUT2D eigenvalue weighted by Gasteiger charge is -2.32. The number of pyridine rings is 1. The van der Waals surface area contributed by atoms with Gasteiger partial charge in [-0.15, -0.1) is 0 Å². The molecule has 2 rings (SSSR count). The van der Waals surface area contributed by atoms with Gasteiger partial charge in [0.25, 0.3) is 0 Å². The zero-order valence-electron chi connectivity index (χ0n) is 10.6. The number of carbonyl (C=O) groups is 1. The molecule has 0 bridgehead atoms. The summed E-state index contributed by atoms with van der Waals surface area (Å²) in [5.74, 6) is -0.905. The van der Waals surface area contributed by atoms with Crippen molar-refractivity contribution in [1.29, 1.82) is 0 Å². The Balaban J connectivity index is 2.08. The number of carboxylic acid groups (broad SMARTS) is 1. The monoisotopic (exact) mass is 363 g/mol. The summed E-state index contributed by atoms with van der Waals surface area (Å²) in [5.41, 5.74) is 0. The molecular weight excluding hydrogens is 350 g/mol. The van der Waals surface area contributed by atoms with Gasteiger partial charge in [0.15, 0.2) is 0 Å². The van der Waals surface area contributed by atoms with Gasteiger partial charge < -0.3 is 5.11 Å². The lowest BCUT2D eigenvalue weighted by molar-refractivity contribution is -0.138. The molecular formula is C11H14BrN3O4S. The van der Waals surface area contributed by atoms with E-state index in [1.807, 2.05) is 0 Å². The molecule has 0 unspecified atom stereocenters. The number of rotatable bonds is 4. The number of piperazine rings is 1. The predicted octanol–water partition coefficient (Wildman–Crippen LogP) is 0.235. The maximum atomic E-state index is 12.4. The summed E-state index contributed by atoms with van der Waals surface area (Å²) < 4.78 is 26.8. The SMILES string of the molecule is O=C(O)CN1CCN(S(=O)(=O)c2cncc(Br)c2)CC1. The van der Waals surface area contributed by atoms with E-state index in [-0.39, 0.29) is 24.5 Å². The summed E-state index contributed by atoms with van der Waals surface area (Å²) in [7, 11) is -3.57. The molecule has 0 aliphatic carbocycles. The molecule has 0 radical (unpaired) electrons.